The van der Waals surface area contributed by atoms with Crippen molar-refractivity contribution in [2.75, 3.05) is 6.54 Å². The first-order valence-corrected chi connectivity index (χ1v) is 6.71. The van der Waals surface area contributed by atoms with Gasteiger partial charge in [0.25, 0.3) is 0 Å². The summed E-state index contributed by atoms with van der Waals surface area (Å²) < 4.78 is 0. The normalized spacial score (nSPS) is 15.1. The van der Waals surface area contributed by atoms with Crippen LogP contribution in [0, 0.1) is 13.8 Å². The van der Waals surface area contributed by atoms with Crippen LogP contribution in [0.4, 0.5) is 0 Å². The highest BCUT2D eigenvalue weighted by molar-refractivity contribution is 5.32. The molecule has 0 unspecified atom stereocenters. The monoisotopic (exact) mass is 229 g/mol. The van der Waals surface area contributed by atoms with Crippen LogP contribution in [-0.4, -0.2) is 6.54 Å². The van der Waals surface area contributed by atoms with Gasteiger partial charge in [0.05, 0.1) is 0 Å². The van der Waals surface area contributed by atoms with E-state index in [4.69, 9.17) is 0 Å². The van der Waals surface area contributed by atoms with Gasteiger partial charge in [-0.25, -0.2) is 0 Å². The van der Waals surface area contributed by atoms with Crippen LogP contribution in [-0.2, 0) is 6.54 Å². The van der Waals surface area contributed by atoms with Crippen molar-refractivity contribution in [1.82, 2.24) is 5.32 Å². The SMILES string of the molecule is Cc1cccc(CNCCC2=CCCC2)c1C. The highest BCUT2D eigenvalue weighted by Crippen LogP contribution is 2.19. The average molecular weight is 229 g/mol. The van der Waals surface area contributed by atoms with Gasteiger partial charge in [-0.05, 0) is 62.8 Å². The summed E-state index contributed by atoms with van der Waals surface area (Å²) in [6.45, 7) is 6.51. The van der Waals surface area contributed by atoms with Crippen LogP contribution in [0.1, 0.15) is 42.4 Å². The molecule has 0 heterocycles. The minimum Gasteiger partial charge on any atom is -0.312 e. The van der Waals surface area contributed by atoms with Crippen LogP contribution >= 0.6 is 0 Å². The van der Waals surface area contributed by atoms with E-state index in [0.717, 1.165) is 13.1 Å². The van der Waals surface area contributed by atoms with Gasteiger partial charge in [-0.2, -0.15) is 0 Å². The smallest absolute Gasteiger partial charge is 0.0208 e. The van der Waals surface area contributed by atoms with Crippen LogP contribution < -0.4 is 5.32 Å². The van der Waals surface area contributed by atoms with Crippen molar-refractivity contribution in [1.29, 1.82) is 0 Å². The highest BCUT2D eigenvalue weighted by Gasteiger charge is 2.04. The Bertz CT molecular complexity index is 404. The molecule has 0 spiro atoms. The van der Waals surface area contributed by atoms with Crippen molar-refractivity contribution in [2.24, 2.45) is 0 Å². The third-order valence-corrected chi connectivity index (χ3v) is 3.79. The number of rotatable bonds is 5. The summed E-state index contributed by atoms with van der Waals surface area (Å²) in [5.41, 5.74) is 5.91. The molecule has 0 saturated heterocycles. The lowest BCUT2D eigenvalue weighted by atomic mass is 10.0. The average Bonchev–Trinajstić information content (AvgIpc) is 2.83. The van der Waals surface area contributed by atoms with E-state index in [0.29, 0.717) is 0 Å². The minimum absolute atomic E-state index is 1.00. The molecule has 1 N–H and O–H groups in total. The summed E-state index contributed by atoms with van der Waals surface area (Å²) >= 11 is 0. The van der Waals surface area contributed by atoms with Gasteiger partial charge in [-0.15, -0.1) is 0 Å². The quantitative estimate of drug-likeness (QED) is 0.596. The highest BCUT2D eigenvalue weighted by atomic mass is 14.8. The Morgan fingerprint density at radius 1 is 1.24 bits per heavy atom. The molecule has 92 valence electrons. The van der Waals surface area contributed by atoms with Gasteiger partial charge >= 0.3 is 0 Å². The second-order valence-corrected chi connectivity index (χ2v) is 5.04. The maximum atomic E-state index is 3.56. The van der Waals surface area contributed by atoms with Crippen molar-refractivity contribution in [2.45, 2.75) is 46.1 Å². The van der Waals surface area contributed by atoms with Crippen LogP contribution in [0.25, 0.3) is 0 Å². The first kappa shape index (κ1) is 12.4. The van der Waals surface area contributed by atoms with Gasteiger partial charge in [0, 0.05) is 6.54 Å². The molecular weight excluding hydrogens is 206 g/mol. The molecule has 17 heavy (non-hydrogen) atoms. The predicted octanol–water partition coefficient (Wildman–Crippen LogP) is 3.89. The fourth-order valence-corrected chi connectivity index (χ4v) is 2.44. The summed E-state index contributed by atoms with van der Waals surface area (Å²) in [4.78, 5) is 0. The Kier molecular flexibility index (Phi) is 4.38. The second-order valence-electron chi connectivity index (χ2n) is 5.04. The number of hydrogen-bond donors (Lipinski definition) is 1. The molecule has 1 aromatic rings. The van der Waals surface area contributed by atoms with Gasteiger partial charge in [-0.3, -0.25) is 0 Å². The summed E-state index contributed by atoms with van der Waals surface area (Å²) in [7, 11) is 0. The fourth-order valence-electron chi connectivity index (χ4n) is 2.44. The van der Waals surface area contributed by atoms with Crippen LogP contribution in [0.3, 0.4) is 0 Å². The van der Waals surface area contributed by atoms with E-state index in [9.17, 15) is 0 Å². The molecule has 1 aliphatic rings. The second kappa shape index (κ2) is 6.02. The van der Waals surface area contributed by atoms with E-state index in [2.05, 4.69) is 43.4 Å². The van der Waals surface area contributed by atoms with Crippen LogP contribution in [0.5, 0.6) is 0 Å². The zero-order chi connectivity index (χ0) is 12.1. The topological polar surface area (TPSA) is 12.0 Å². The lowest BCUT2D eigenvalue weighted by molar-refractivity contribution is 0.673. The standard InChI is InChI=1S/C16H23N/c1-13-6-5-9-16(14(13)2)12-17-11-10-15-7-3-4-8-15/h5-7,9,17H,3-4,8,10-12H2,1-2H3. The van der Waals surface area contributed by atoms with Gasteiger partial charge < -0.3 is 5.32 Å². The van der Waals surface area contributed by atoms with Crippen molar-refractivity contribution in [3.63, 3.8) is 0 Å². The molecule has 1 aromatic carbocycles. The molecule has 0 atom stereocenters. The van der Waals surface area contributed by atoms with E-state index in [-0.39, 0.29) is 0 Å². The zero-order valence-corrected chi connectivity index (χ0v) is 11.1. The molecule has 1 aliphatic carbocycles. The lowest BCUT2D eigenvalue weighted by Gasteiger charge is -2.10. The first-order valence-electron chi connectivity index (χ1n) is 6.71. The Morgan fingerprint density at radius 3 is 2.88 bits per heavy atom. The van der Waals surface area contributed by atoms with Gasteiger partial charge in [0.2, 0.25) is 0 Å². The molecule has 0 radical (unpaired) electrons. The van der Waals surface area contributed by atoms with Crippen molar-refractivity contribution < 1.29 is 0 Å². The molecular formula is C16H23N. The molecule has 0 amide bonds. The molecule has 0 bridgehead atoms. The molecule has 2 rings (SSSR count). The van der Waals surface area contributed by atoms with E-state index >= 15 is 0 Å². The Labute approximate surface area is 105 Å². The zero-order valence-electron chi connectivity index (χ0n) is 11.1. The van der Waals surface area contributed by atoms with Crippen molar-refractivity contribution in [3.8, 4) is 0 Å². The number of hydrogen-bond acceptors (Lipinski definition) is 1. The van der Waals surface area contributed by atoms with E-state index in [1.165, 1.54) is 42.4 Å². The van der Waals surface area contributed by atoms with Gasteiger partial charge in [0.15, 0.2) is 0 Å². The number of nitrogens with one attached hydrogen (secondary N) is 1. The molecule has 1 nitrogen and oxygen atoms in total. The van der Waals surface area contributed by atoms with E-state index in [1.54, 1.807) is 5.57 Å². The summed E-state index contributed by atoms with van der Waals surface area (Å²) in [5.74, 6) is 0. The predicted molar refractivity (Wildman–Crippen MR) is 74.2 cm³/mol. The molecule has 0 aliphatic heterocycles. The molecule has 0 aromatic heterocycles. The molecule has 0 saturated carbocycles. The van der Waals surface area contributed by atoms with Crippen LogP contribution in [0.2, 0.25) is 0 Å². The summed E-state index contributed by atoms with van der Waals surface area (Å²) in [6.07, 6.45) is 7.63. The maximum absolute atomic E-state index is 3.56. The third kappa shape index (κ3) is 3.44. The van der Waals surface area contributed by atoms with Crippen LogP contribution in [0.15, 0.2) is 29.8 Å². The minimum atomic E-state index is 1.00. The summed E-state index contributed by atoms with van der Waals surface area (Å²) in [5, 5.41) is 3.56. The molecule has 1 heteroatoms. The third-order valence-electron chi connectivity index (χ3n) is 3.79. The molecule has 0 fully saturated rings. The largest absolute Gasteiger partial charge is 0.312 e. The van der Waals surface area contributed by atoms with E-state index < -0.39 is 0 Å². The maximum Gasteiger partial charge on any atom is 0.0208 e. The van der Waals surface area contributed by atoms with Gasteiger partial charge in [-0.1, -0.05) is 29.8 Å². The number of allylic oxidation sites excluding steroid dienone is 1. The Hall–Kier alpha value is -1.08. The number of benzene rings is 1. The Morgan fingerprint density at radius 2 is 2.12 bits per heavy atom. The van der Waals surface area contributed by atoms with Crippen molar-refractivity contribution in [3.05, 3.63) is 46.5 Å². The fraction of sp³-hybridized carbons (Fsp3) is 0.500. The number of aryl methyl sites for hydroxylation is 1. The summed E-state index contributed by atoms with van der Waals surface area (Å²) in [6, 6.07) is 6.56. The van der Waals surface area contributed by atoms with Crippen molar-refractivity contribution >= 4 is 0 Å². The Balaban J connectivity index is 1.76. The first-order chi connectivity index (χ1) is 8.27. The lowest BCUT2D eigenvalue weighted by Crippen LogP contribution is -2.16. The van der Waals surface area contributed by atoms with E-state index in [1.807, 2.05) is 0 Å². The van der Waals surface area contributed by atoms with Gasteiger partial charge in [0.1, 0.15) is 0 Å².